The second-order valence-electron chi connectivity index (χ2n) is 4.22. The molecule has 2 rings (SSSR count). The summed E-state index contributed by atoms with van der Waals surface area (Å²) >= 11 is 11.9. The normalized spacial score (nSPS) is 11.8. The van der Waals surface area contributed by atoms with Gasteiger partial charge in [-0.3, -0.25) is 4.79 Å². The molecule has 0 aromatic heterocycles. The maximum Gasteiger partial charge on any atom is 0.309 e. The van der Waals surface area contributed by atoms with Crippen LogP contribution < -0.4 is 9.47 Å². The molecule has 1 atom stereocenters. The summed E-state index contributed by atoms with van der Waals surface area (Å²) in [5.41, 5.74) is 0.601. The van der Waals surface area contributed by atoms with E-state index in [2.05, 4.69) is 0 Å². The average Bonchev–Trinajstić information content (AvgIpc) is 2.50. The molecule has 0 unspecified atom stereocenters. The Balaban J connectivity index is 2.15. The van der Waals surface area contributed by atoms with Crippen molar-refractivity contribution in [2.45, 2.75) is 5.82 Å². The maximum absolute atomic E-state index is 12.1. The minimum absolute atomic E-state index is 0.106. The Morgan fingerprint density at radius 1 is 1.10 bits per heavy atom. The van der Waals surface area contributed by atoms with E-state index in [-0.39, 0.29) is 15.8 Å². The number of hydrogen-bond acceptors (Lipinski definition) is 3. The second-order valence-corrected chi connectivity index (χ2v) is 5.04. The lowest BCUT2D eigenvalue weighted by Crippen LogP contribution is -2.19. The number of ether oxygens (including phenoxy) is 2. The van der Waals surface area contributed by atoms with Gasteiger partial charge in [-0.2, -0.15) is 0 Å². The van der Waals surface area contributed by atoms with Crippen LogP contribution in [0, 0.1) is 0 Å². The first kappa shape index (κ1) is 15.7. The Bertz CT molecular complexity index is 624. The molecule has 3 nitrogen and oxygen atoms in total. The molecule has 0 fully saturated rings. The van der Waals surface area contributed by atoms with Crippen LogP contribution in [-0.4, -0.2) is 20.9 Å². The molecule has 2 aromatic rings. The lowest BCUT2D eigenvalue weighted by atomic mass is 9.81. The van der Waals surface area contributed by atoms with Crippen molar-refractivity contribution in [1.29, 1.82) is 0 Å². The van der Waals surface area contributed by atoms with Gasteiger partial charge in [0, 0.05) is 5.82 Å². The van der Waals surface area contributed by atoms with Gasteiger partial charge in [0.25, 0.3) is 0 Å². The number of carbonyl (C=O) groups excluding carboxylic acids is 1. The van der Waals surface area contributed by atoms with E-state index in [1.807, 2.05) is 0 Å². The van der Waals surface area contributed by atoms with Crippen molar-refractivity contribution in [2.75, 3.05) is 7.11 Å². The fourth-order valence-electron chi connectivity index (χ4n) is 1.69. The van der Waals surface area contributed by atoms with E-state index in [9.17, 15) is 4.79 Å². The Morgan fingerprint density at radius 2 is 1.67 bits per heavy atom. The molecule has 2 radical (unpaired) electrons. The number of benzene rings is 2. The smallest absolute Gasteiger partial charge is 0.309 e. The van der Waals surface area contributed by atoms with Crippen molar-refractivity contribution < 1.29 is 14.3 Å². The standard InChI is InChI=1S/C15H11BCl2O3/c1-20-10-7-5-9(6-8-10)13(16)15(19)21-14-11(17)3-2-4-12(14)18/h2-8,13H,1H3/t13-/m1/s1. The van der Waals surface area contributed by atoms with Gasteiger partial charge in [0.05, 0.1) is 25.0 Å². The van der Waals surface area contributed by atoms with E-state index in [1.165, 1.54) is 0 Å². The Labute approximate surface area is 134 Å². The number of rotatable bonds is 4. The van der Waals surface area contributed by atoms with Crippen LogP contribution in [0.1, 0.15) is 11.4 Å². The maximum atomic E-state index is 12.1. The molecule has 0 bridgehead atoms. The third-order valence-electron chi connectivity index (χ3n) is 2.85. The third kappa shape index (κ3) is 3.71. The molecule has 0 N–H and O–H groups in total. The monoisotopic (exact) mass is 320 g/mol. The van der Waals surface area contributed by atoms with Gasteiger partial charge in [0.15, 0.2) is 5.75 Å². The summed E-state index contributed by atoms with van der Waals surface area (Å²) in [6, 6.07) is 11.6. The van der Waals surface area contributed by atoms with Gasteiger partial charge < -0.3 is 9.47 Å². The van der Waals surface area contributed by atoms with Gasteiger partial charge in [-0.25, -0.2) is 0 Å². The van der Waals surface area contributed by atoms with Crippen molar-refractivity contribution >= 4 is 37.0 Å². The summed E-state index contributed by atoms with van der Waals surface area (Å²) < 4.78 is 10.2. The van der Waals surface area contributed by atoms with E-state index in [4.69, 9.17) is 40.5 Å². The highest BCUT2D eigenvalue weighted by Crippen LogP contribution is 2.33. The molecular weight excluding hydrogens is 310 g/mol. The van der Waals surface area contributed by atoms with Crippen LogP contribution in [0.15, 0.2) is 42.5 Å². The molecule has 0 heterocycles. The molecule has 0 aliphatic carbocycles. The first-order valence-electron chi connectivity index (χ1n) is 6.08. The number of para-hydroxylation sites is 1. The van der Waals surface area contributed by atoms with Gasteiger partial charge in [0.2, 0.25) is 0 Å². The topological polar surface area (TPSA) is 35.5 Å². The Hall–Kier alpha value is -1.65. The number of carbonyl (C=O) groups is 1. The molecule has 0 spiro atoms. The lowest BCUT2D eigenvalue weighted by Gasteiger charge is -2.14. The van der Waals surface area contributed by atoms with Crippen LogP contribution in [0.5, 0.6) is 11.5 Å². The summed E-state index contributed by atoms with van der Waals surface area (Å²) in [6.07, 6.45) is 0. The van der Waals surface area contributed by atoms with Crippen LogP contribution in [0.3, 0.4) is 0 Å². The SMILES string of the molecule is [B][C@@H](C(=O)Oc1c(Cl)cccc1Cl)c1ccc(OC)cc1. The fraction of sp³-hybridized carbons (Fsp3) is 0.133. The summed E-state index contributed by atoms with van der Waals surface area (Å²) in [6.45, 7) is 0. The van der Waals surface area contributed by atoms with E-state index in [0.29, 0.717) is 11.3 Å². The first-order chi connectivity index (χ1) is 10.0. The number of methoxy groups -OCH3 is 1. The summed E-state index contributed by atoms with van der Waals surface area (Å²) in [7, 11) is 7.43. The zero-order valence-electron chi connectivity index (χ0n) is 11.2. The van der Waals surface area contributed by atoms with Crippen LogP contribution in [-0.2, 0) is 4.79 Å². The number of halogens is 2. The van der Waals surface area contributed by atoms with Gasteiger partial charge in [-0.1, -0.05) is 41.4 Å². The summed E-state index contributed by atoms with van der Waals surface area (Å²) in [5.74, 6) is -0.804. The van der Waals surface area contributed by atoms with Gasteiger partial charge in [0.1, 0.15) is 5.75 Å². The van der Waals surface area contributed by atoms with Gasteiger partial charge in [-0.15, -0.1) is 0 Å². The minimum atomic E-state index is -0.941. The van der Waals surface area contributed by atoms with Crippen molar-refractivity contribution in [3.8, 4) is 11.5 Å². The van der Waals surface area contributed by atoms with Crippen LogP contribution in [0.2, 0.25) is 10.0 Å². The molecule has 106 valence electrons. The molecule has 21 heavy (non-hydrogen) atoms. The largest absolute Gasteiger partial charge is 0.497 e. The molecule has 0 aliphatic heterocycles. The van der Waals surface area contributed by atoms with E-state index in [0.717, 1.165) is 0 Å². The zero-order valence-corrected chi connectivity index (χ0v) is 12.7. The molecule has 0 amide bonds. The molecule has 0 saturated carbocycles. The molecule has 0 saturated heterocycles. The predicted molar refractivity (Wildman–Crippen MR) is 83.6 cm³/mol. The fourth-order valence-corrected chi connectivity index (χ4v) is 2.17. The number of esters is 1. The van der Waals surface area contributed by atoms with Crippen molar-refractivity contribution in [2.24, 2.45) is 0 Å². The highest BCUT2D eigenvalue weighted by atomic mass is 35.5. The first-order valence-corrected chi connectivity index (χ1v) is 6.83. The van der Waals surface area contributed by atoms with Crippen molar-refractivity contribution in [3.63, 3.8) is 0 Å². The Morgan fingerprint density at radius 3 is 2.19 bits per heavy atom. The third-order valence-corrected chi connectivity index (χ3v) is 3.45. The van der Waals surface area contributed by atoms with Crippen molar-refractivity contribution in [1.82, 2.24) is 0 Å². The molecule has 0 aliphatic rings. The van der Waals surface area contributed by atoms with E-state index < -0.39 is 11.8 Å². The average molecular weight is 321 g/mol. The van der Waals surface area contributed by atoms with Crippen LogP contribution >= 0.6 is 23.2 Å². The van der Waals surface area contributed by atoms with Gasteiger partial charge >= 0.3 is 5.97 Å². The lowest BCUT2D eigenvalue weighted by molar-refractivity contribution is -0.134. The molecule has 6 heteroatoms. The minimum Gasteiger partial charge on any atom is -0.497 e. The number of hydrogen-bond donors (Lipinski definition) is 0. The molecule has 2 aromatic carbocycles. The van der Waals surface area contributed by atoms with Gasteiger partial charge in [-0.05, 0) is 29.8 Å². The Kier molecular flexibility index (Phi) is 5.15. The summed E-state index contributed by atoms with van der Waals surface area (Å²) in [4.78, 5) is 12.1. The van der Waals surface area contributed by atoms with E-state index in [1.54, 1.807) is 49.6 Å². The predicted octanol–water partition coefficient (Wildman–Crippen LogP) is 3.82. The zero-order chi connectivity index (χ0) is 15.4. The quantitative estimate of drug-likeness (QED) is 0.488. The van der Waals surface area contributed by atoms with Crippen LogP contribution in [0.25, 0.3) is 0 Å². The van der Waals surface area contributed by atoms with E-state index >= 15 is 0 Å². The second kappa shape index (κ2) is 6.88. The van der Waals surface area contributed by atoms with Crippen LogP contribution in [0.4, 0.5) is 0 Å². The van der Waals surface area contributed by atoms with Crippen molar-refractivity contribution in [3.05, 3.63) is 58.1 Å². The highest BCUT2D eigenvalue weighted by Gasteiger charge is 2.19. The highest BCUT2D eigenvalue weighted by molar-refractivity contribution is 6.37. The summed E-state index contributed by atoms with van der Waals surface area (Å²) in [5, 5.41) is 0.496. The molecular formula is C15H11BCl2O3.